The summed E-state index contributed by atoms with van der Waals surface area (Å²) in [7, 11) is 0. The molecule has 0 saturated carbocycles. The lowest BCUT2D eigenvalue weighted by molar-refractivity contribution is 0.419. The Labute approximate surface area is 151 Å². The van der Waals surface area contributed by atoms with E-state index in [-0.39, 0.29) is 5.71 Å². The molecule has 0 radical (unpaired) electrons. The first-order chi connectivity index (χ1) is 12.6. The molecule has 1 heterocycles. The molecule has 130 valence electrons. The zero-order valence-electron chi connectivity index (χ0n) is 14.2. The van der Waals surface area contributed by atoms with Crippen LogP contribution in [0, 0.1) is 16.7 Å². The first-order valence-electron chi connectivity index (χ1n) is 8.24. The molecule has 0 bridgehead atoms. The number of hydrogen-bond acceptors (Lipinski definition) is 6. The van der Waals surface area contributed by atoms with Crippen LogP contribution in [0.1, 0.15) is 34.2 Å². The summed E-state index contributed by atoms with van der Waals surface area (Å²) >= 11 is 0. The Kier molecular flexibility index (Phi) is 4.99. The van der Waals surface area contributed by atoms with Crippen molar-refractivity contribution >= 4 is 17.1 Å². The van der Waals surface area contributed by atoms with Crippen molar-refractivity contribution in [2.45, 2.75) is 19.3 Å². The number of benzene rings is 2. The zero-order chi connectivity index (χ0) is 18.5. The second-order valence-corrected chi connectivity index (χ2v) is 6.08. The van der Waals surface area contributed by atoms with Gasteiger partial charge in [-0.25, -0.2) is 0 Å². The molecule has 3 aromatic rings. The number of aryl methyl sites for hydroxylation is 2. The van der Waals surface area contributed by atoms with Crippen molar-refractivity contribution in [3.63, 3.8) is 0 Å². The van der Waals surface area contributed by atoms with Gasteiger partial charge in [-0.1, -0.05) is 11.2 Å². The minimum atomic E-state index is 0.251. The van der Waals surface area contributed by atoms with Crippen LogP contribution in [0.2, 0.25) is 0 Å². The number of nitrogen functional groups attached to an aromatic ring is 2. The van der Waals surface area contributed by atoms with Gasteiger partial charge in [0.1, 0.15) is 6.26 Å². The topological polar surface area (TPSA) is 126 Å². The fourth-order valence-electron chi connectivity index (χ4n) is 2.92. The molecule has 6 nitrogen and oxygen atoms in total. The molecule has 4 rings (SSSR count). The number of aromatic nitrogens is 1. The lowest BCUT2D eigenvalue weighted by Gasteiger charge is -2.05. The van der Waals surface area contributed by atoms with Crippen molar-refractivity contribution in [2.24, 2.45) is 0 Å². The fraction of sp³-hybridized carbons (Fsp3) is 0.150. The number of rotatable bonds is 2. The van der Waals surface area contributed by atoms with Gasteiger partial charge in [0.2, 0.25) is 0 Å². The van der Waals surface area contributed by atoms with Gasteiger partial charge in [0.05, 0.1) is 29.1 Å². The van der Waals surface area contributed by atoms with Crippen LogP contribution in [0.3, 0.4) is 0 Å². The van der Waals surface area contributed by atoms with E-state index in [1.807, 2.05) is 12.1 Å². The maximum Gasteiger partial charge on any atom is 0.133 e. The Morgan fingerprint density at radius 1 is 1.12 bits per heavy atom. The number of nitrogens with zero attached hydrogens (tertiary/aromatic N) is 2. The quantitative estimate of drug-likeness (QED) is 0.485. The Balaban J connectivity index is 0.000000158. The molecule has 0 unspecified atom stereocenters. The Morgan fingerprint density at radius 3 is 2.65 bits per heavy atom. The number of hydrogen-bond donors (Lipinski definition) is 3. The third-order valence-electron chi connectivity index (χ3n) is 4.30. The normalized spacial score (nSPS) is 11.8. The van der Waals surface area contributed by atoms with Gasteiger partial charge < -0.3 is 16.0 Å². The number of fused-ring (bicyclic) bond motifs is 1. The van der Waals surface area contributed by atoms with E-state index < -0.39 is 0 Å². The SMILES string of the molecule is N#Cc1ccc2c(c1)CCC2.N=C(c1cnoc1)c1cc(N)ccc1N. The number of nitriles is 1. The maximum atomic E-state index is 8.62. The summed E-state index contributed by atoms with van der Waals surface area (Å²) < 4.78 is 4.66. The predicted molar refractivity (Wildman–Crippen MR) is 101 cm³/mol. The number of anilines is 2. The smallest absolute Gasteiger partial charge is 0.133 e. The van der Waals surface area contributed by atoms with E-state index >= 15 is 0 Å². The lowest BCUT2D eigenvalue weighted by atomic mass is 10.0. The summed E-state index contributed by atoms with van der Waals surface area (Å²) in [6.45, 7) is 0. The molecular formula is C20H19N5O. The molecule has 0 aliphatic heterocycles. The van der Waals surface area contributed by atoms with Gasteiger partial charge in [-0.05, 0) is 60.7 Å². The van der Waals surface area contributed by atoms with Crippen LogP contribution >= 0.6 is 0 Å². The third-order valence-corrected chi connectivity index (χ3v) is 4.30. The molecule has 6 heteroatoms. The van der Waals surface area contributed by atoms with Gasteiger partial charge in [-0.3, -0.25) is 5.41 Å². The zero-order valence-corrected chi connectivity index (χ0v) is 14.2. The van der Waals surface area contributed by atoms with Crippen LogP contribution in [0.25, 0.3) is 0 Å². The average Bonchev–Trinajstić information content (AvgIpc) is 3.34. The highest BCUT2D eigenvalue weighted by molar-refractivity contribution is 6.13. The molecule has 0 saturated heterocycles. The van der Waals surface area contributed by atoms with Gasteiger partial charge in [-0.15, -0.1) is 0 Å². The van der Waals surface area contributed by atoms with E-state index in [0.29, 0.717) is 22.5 Å². The molecular weight excluding hydrogens is 326 g/mol. The lowest BCUT2D eigenvalue weighted by Crippen LogP contribution is -2.05. The minimum Gasteiger partial charge on any atom is -0.399 e. The largest absolute Gasteiger partial charge is 0.399 e. The van der Waals surface area contributed by atoms with Crippen LogP contribution in [0.15, 0.2) is 53.4 Å². The molecule has 0 atom stereocenters. The molecule has 1 aromatic heterocycles. The van der Waals surface area contributed by atoms with Crippen LogP contribution in [-0.2, 0) is 12.8 Å². The standard InChI is InChI=1S/C10H10N4O.C10H9N/c11-7-1-2-9(12)8(3-7)10(13)6-4-14-15-5-6;11-7-8-4-5-9-2-1-3-10(9)6-8/h1-5,13H,11-12H2;4-6H,1-3H2. The Hall–Kier alpha value is -3.59. The average molecular weight is 345 g/mol. The van der Waals surface area contributed by atoms with E-state index in [9.17, 15) is 0 Å². The molecule has 0 spiro atoms. The van der Waals surface area contributed by atoms with Crippen molar-refractivity contribution < 1.29 is 4.52 Å². The van der Waals surface area contributed by atoms with Gasteiger partial charge >= 0.3 is 0 Å². The summed E-state index contributed by atoms with van der Waals surface area (Å²) in [5, 5.41) is 20.0. The highest BCUT2D eigenvalue weighted by atomic mass is 16.5. The summed E-state index contributed by atoms with van der Waals surface area (Å²) in [5.74, 6) is 0. The summed E-state index contributed by atoms with van der Waals surface area (Å²) in [4.78, 5) is 0. The van der Waals surface area contributed by atoms with Crippen molar-refractivity contribution in [1.82, 2.24) is 5.16 Å². The highest BCUT2D eigenvalue weighted by Gasteiger charge is 2.11. The van der Waals surface area contributed by atoms with E-state index in [4.69, 9.17) is 22.1 Å². The Morgan fingerprint density at radius 2 is 1.92 bits per heavy atom. The molecule has 5 N–H and O–H groups in total. The van der Waals surface area contributed by atoms with Crippen LogP contribution < -0.4 is 11.5 Å². The third kappa shape index (κ3) is 3.73. The summed E-state index contributed by atoms with van der Waals surface area (Å²) in [5.41, 5.74) is 17.5. The van der Waals surface area contributed by atoms with Crippen molar-refractivity contribution in [3.05, 3.63) is 76.7 Å². The van der Waals surface area contributed by atoms with Crippen molar-refractivity contribution in [3.8, 4) is 6.07 Å². The molecule has 1 aliphatic carbocycles. The number of nitrogens with two attached hydrogens (primary N) is 2. The molecule has 26 heavy (non-hydrogen) atoms. The van der Waals surface area contributed by atoms with Crippen LogP contribution in [0.4, 0.5) is 11.4 Å². The summed E-state index contributed by atoms with van der Waals surface area (Å²) in [6.07, 6.45) is 6.46. The Bertz CT molecular complexity index is 970. The first-order valence-corrected chi connectivity index (χ1v) is 8.24. The molecule has 0 amide bonds. The summed E-state index contributed by atoms with van der Waals surface area (Å²) in [6, 6.07) is 13.2. The molecule has 1 aliphatic rings. The van der Waals surface area contributed by atoms with Crippen molar-refractivity contribution in [2.75, 3.05) is 11.5 Å². The van der Waals surface area contributed by atoms with Crippen molar-refractivity contribution in [1.29, 1.82) is 10.7 Å². The van der Waals surface area contributed by atoms with E-state index in [2.05, 4.69) is 21.8 Å². The first kappa shape index (κ1) is 17.2. The van der Waals surface area contributed by atoms with Gasteiger partial charge in [0.25, 0.3) is 0 Å². The monoisotopic (exact) mass is 345 g/mol. The fourth-order valence-corrected chi connectivity index (χ4v) is 2.92. The van der Waals surface area contributed by atoms with Gasteiger partial charge in [0, 0.05) is 16.9 Å². The van der Waals surface area contributed by atoms with Gasteiger partial charge in [-0.2, -0.15) is 5.26 Å². The van der Waals surface area contributed by atoms with Crippen LogP contribution in [-0.4, -0.2) is 10.9 Å². The van der Waals surface area contributed by atoms with E-state index in [1.54, 1.807) is 18.2 Å². The van der Waals surface area contributed by atoms with Gasteiger partial charge in [0.15, 0.2) is 0 Å². The second-order valence-electron chi connectivity index (χ2n) is 6.08. The second kappa shape index (κ2) is 7.53. The minimum absolute atomic E-state index is 0.251. The van der Waals surface area contributed by atoms with Crippen LogP contribution in [0.5, 0.6) is 0 Å². The molecule has 2 aromatic carbocycles. The number of nitrogens with one attached hydrogen (secondary N) is 1. The highest BCUT2D eigenvalue weighted by Crippen LogP contribution is 2.22. The molecule has 0 fully saturated rings. The predicted octanol–water partition coefficient (Wildman–Crippen LogP) is 3.30. The maximum absolute atomic E-state index is 8.62. The van der Waals surface area contributed by atoms with E-state index in [0.717, 1.165) is 12.0 Å². The van der Waals surface area contributed by atoms with E-state index in [1.165, 1.54) is 36.4 Å².